The van der Waals surface area contributed by atoms with Crippen molar-refractivity contribution in [2.75, 3.05) is 6.61 Å². The first-order valence-corrected chi connectivity index (χ1v) is 12.1. The van der Waals surface area contributed by atoms with Crippen LogP contribution in [0.3, 0.4) is 0 Å². The molecule has 166 valence electrons. The van der Waals surface area contributed by atoms with Gasteiger partial charge in [-0.2, -0.15) is 0 Å². The predicted octanol–water partition coefficient (Wildman–Crippen LogP) is 8.35. The van der Waals surface area contributed by atoms with Crippen LogP contribution in [0.2, 0.25) is 0 Å². The molecule has 28 heavy (non-hydrogen) atoms. The fraction of sp³-hybridized carbons (Fsp3) is 0.885. The molecule has 0 amide bonds. The van der Waals surface area contributed by atoms with Crippen molar-refractivity contribution >= 4 is 6.47 Å². The van der Waals surface area contributed by atoms with Gasteiger partial charge in [-0.05, 0) is 49.5 Å². The lowest BCUT2D eigenvalue weighted by Crippen LogP contribution is -2.01. The van der Waals surface area contributed by atoms with Gasteiger partial charge in [0.05, 0.1) is 0 Å². The molecule has 0 aliphatic heterocycles. The molecule has 2 heteroatoms. The average Bonchev–Trinajstić information content (AvgIpc) is 2.61. The summed E-state index contributed by atoms with van der Waals surface area (Å²) in [7, 11) is 0. The summed E-state index contributed by atoms with van der Waals surface area (Å²) in [5.74, 6) is 3.48. The van der Waals surface area contributed by atoms with Crippen LogP contribution in [0.1, 0.15) is 119 Å². The average molecular weight is 395 g/mol. The Kier molecular flexibility index (Phi) is 17.7. The predicted molar refractivity (Wildman–Crippen MR) is 124 cm³/mol. The summed E-state index contributed by atoms with van der Waals surface area (Å²) >= 11 is 0. The molecular weight excluding hydrogens is 344 g/mol. The van der Waals surface area contributed by atoms with Gasteiger partial charge in [-0.15, -0.1) is 0 Å². The standard InChI is InChI=1S/C26H50O2/c1-22(2)11-7-12-23(3)13-8-14-24(4)15-9-16-25(5)17-10-18-26(6)19-20-28-21-27/h19,21-25H,7-18,20H2,1-6H3/b26-19+. The van der Waals surface area contributed by atoms with Crippen molar-refractivity contribution in [3.05, 3.63) is 11.6 Å². The number of carbonyl (C=O) groups excluding carboxylic acids is 1. The van der Waals surface area contributed by atoms with E-state index in [9.17, 15) is 4.79 Å². The van der Waals surface area contributed by atoms with Crippen LogP contribution < -0.4 is 0 Å². The molecule has 0 aliphatic rings. The van der Waals surface area contributed by atoms with Crippen molar-refractivity contribution in [1.29, 1.82) is 0 Å². The van der Waals surface area contributed by atoms with Crippen molar-refractivity contribution in [3.63, 3.8) is 0 Å². The molecule has 3 unspecified atom stereocenters. The largest absolute Gasteiger partial charge is 0.464 e. The molecule has 0 aromatic rings. The van der Waals surface area contributed by atoms with E-state index in [0.717, 1.165) is 30.1 Å². The van der Waals surface area contributed by atoms with Crippen molar-refractivity contribution in [3.8, 4) is 0 Å². The van der Waals surface area contributed by atoms with Gasteiger partial charge in [0.2, 0.25) is 0 Å². The maximum Gasteiger partial charge on any atom is 0.293 e. The van der Waals surface area contributed by atoms with Gasteiger partial charge in [0.1, 0.15) is 6.61 Å². The van der Waals surface area contributed by atoms with Gasteiger partial charge in [-0.3, -0.25) is 4.79 Å². The number of allylic oxidation sites excluding steroid dienone is 1. The highest BCUT2D eigenvalue weighted by Crippen LogP contribution is 2.23. The normalized spacial score (nSPS) is 15.5. The first kappa shape index (κ1) is 27.2. The zero-order chi connectivity index (χ0) is 21.2. The van der Waals surface area contributed by atoms with E-state index < -0.39 is 0 Å². The highest BCUT2D eigenvalue weighted by Gasteiger charge is 2.08. The first-order chi connectivity index (χ1) is 13.3. The Bertz CT molecular complexity index is 386. The molecule has 0 radical (unpaired) electrons. The Hall–Kier alpha value is -0.790. The molecular formula is C26H50O2. The molecule has 0 aromatic heterocycles. The van der Waals surface area contributed by atoms with Gasteiger partial charge in [-0.25, -0.2) is 0 Å². The number of hydrogen-bond donors (Lipinski definition) is 0. The SMILES string of the molecule is C/C(=C\COC=O)CCCC(C)CCCC(C)CCCC(C)CCCC(C)C. The maximum absolute atomic E-state index is 10.1. The summed E-state index contributed by atoms with van der Waals surface area (Å²) in [6.07, 6.45) is 18.3. The van der Waals surface area contributed by atoms with Crippen molar-refractivity contribution < 1.29 is 9.53 Å². The third kappa shape index (κ3) is 18.6. The third-order valence-corrected chi connectivity index (χ3v) is 6.13. The minimum atomic E-state index is 0.416. The van der Waals surface area contributed by atoms with Crippen molar-refractivity contribution in [1.82, 2.24) is 0 Å². The van der Waals surface area contributed by atoms with E-state index in [1.807, 2.05) is 6.08 Å². The monoisotopic (exact) mass is 394 g/mol. The maximum atomic E-state index is 10.1. The zero-order valence-electron chi connectivity index (χ0n) is 20.0. The Morgan fingerprint density at radius 2 is 1.14 bits per heavy atom. The van der Waals surface area contributed by atoms with Crippen LogP contribution in [0.25, 0.3) is 0 Å². The van der Waals surface area contributed by atoms with E-state index in [-0.39, 0.29) is 0 Å². The van der Waals surface area contributed by atoms with Gasteiger partial charge in [0.25, 0.3) is 6.47 Å². The zero-order valence-corrected chi connectivity index (χ0v) is 20.0. The number of ether oxygens (including phenoxy) is 1. The quantitative estimate of drug-likeness (QED) is 0.125. The number of carbonyl (C=O) groups is 1. The Morgan fingerprint density at radius 3 is 1.57 bits per heavy atom. The van der Waals surface area contributed by atoms with E-state index in [4.69, 9.17) is 4.74 Å². The van der Waals surface area contributed by atoms with Crippen LogP contribution in [0.4, 0.5) is 0 Å². The van der Waals surface area contributed by atoms with Crippen molar-refractivity contribution in [2.24, 2.45) is 23.7 Å². The molecule has 0 N–H and O–H groups in total. The first-order valence-electron chi connectivity index (χ1n) is 12.1. The minimum absolute atomic E-state index is 0.416. The Labute approximate surface area is 176 Å². The molecule has 2 nitrogen and oxygen atoms in total. The minimum Gasteiger partial charge on any atom is -0.464 e. The van der Waals surface area contributed by atoms with Crippen LogP contribution in [0.5, 0.6) is 0 Å². The summed E-state index contributed by atoms with van der Waals surface area (Å²) in [6, 6.07) is 0. The Morgan fingerprint density at radius 1 is 0.714 bits per heavy atom. The lowest BCUT2D eigenvalue weighted by atomic mass is 9.90. The molecule has 0 heterocycles. The molecule has 0 saturated carbocycles. The topological polar surface area (TPSA) is 26.3 Å². The van der Waals surface area contributed by atoms with Gasteiger partial charge in [0.15, 0.2) is 0 Å². The van der Waals surface area contributed by atoms with E-state index in [1.54, 1.807) is 0 Å². The van der Waals surface area contributed by atoms with E-state index in [2.05, 4.69) is 41.5 Å². The molecule has 0 aliphatic carbocycles. The molecule has 0 saturated heterocycles. The lowest BCUT2D eigenvalue weighted by molar-refractivity contribution is -0.127. The summed E-state index contributed by atoms with van der Waals surface area (Å²) < 4.78 is 4.72. The molecule has 0 spiro atoms. The molecule has 0 fully saturated rings. The second-order valence-electron chi connectivity index (χ2n) is 9.87. The summed E-state index contributed by atoms with van der Waals surface area (Å²) in [5.41, 5.74) is 1.33. The van der Waals surface area contributed by atoms with Crippen LogP contribution in [0, 0.1) is 23.7 Å². The van der Waals surface area contributed by atoms with Crippen LogP contribution in [-0.2, 0) is 9.53 Å². The molecule has 0 rings (SSSR count). The second kappa shape index (κ2) is 18.3. The van der Waals surface area contributed by atoms with Crippen LogP contribution in [-0.4, -0.2) is 13.1 Å². The van der Waals surface area contributed by atoms with Crippen molar-refractivity contribution in [2.45, 2.75) is 119 Å². The van der Waals surface area contributed by atoms with Gasteiger partial charge in [-0.1, -0.05) is 104 Å². The smallest absolute Gasteiger partial charge is 0.293 e. The Balaban J connectivity index is 3.62. The molecule has 0 aromatic carbocycles. The van der Waals surface area contributed by atoms with Gasteiger partial charge < -0.3 is 4.74 Å². The van der Waals surface area contributed by atoms with Gasteiger partial charge in [0, 0.05) is 0 Å². The number of rotatable bonds is 19. The van der Waals surface area contributed by atoms with Gasteiger partial charge >= 0.3 is 0 Å². The highest BCUT2D eigenvalue weighted by molar-refractivity contribution is 5.37. The van der Waals surface area contributed by atoms with Crippen LogP contribution in [0.15, 0.2) is 11.6 Å². The summed E-state index contributed by atoms with van der Waals surface area (Å²) in [4.78, 5) is 10.1. The van der Waals surface area contributed by atoms with E-state index in [0.29, 0.717) is 13.1 Å². The number of hydrogen-bond acceptors (Lipinski definition) is 2. The fourth-order valence-corrected chi connectivity index (χ4v) is 4.00. The lowest BCUT2D eigenvalue weighted by Gasteiger charge is -2.16. The molecule has 3 atom stereocenters. The summed E-state index contributed by atoms with van der Waals surface area (Å²) in [5, 5.41) is 0. The molecule has 0 bridgehead atoms. The second-order valence-corrected chi connectivity index (χ2v) is 9.87. The summed E-state index contributed by atoms with van der Waals surface area (Å²) in [6.45, 7) is 15.0. The third-order valence-electron chi connectivity index (χ3n) is 6.13. The van der Waals surface area contributed by atoms with E-state index >= 15 is 0 Å². The fourth-order valence-electron chi connectivity index (χ4n) is 4.00. The van der Waals surface area contributed by atoms with Crippen LogP contribution >= 0.6 is 0 Å². The van der Waals surface area contributed by atoms with E-state index in [1.165, 1.54) is 76.2 Å². The highest BCUT2D eigenvalue weighted by atomic mass is 16.5.